The number of amides is 1. The van der Waals surface area contributed by atoms with Crippen LogP contribution in [0.5, 0.6) is 0 Å². The number of hydrogen-bond donors (Lipinski definition) is 2. The summed E-state index contributed by atoms with van der Waals surface area (Å²) >= 11 is 1.32. The Morgan fingerprint density at radius 1 is 1.43 bits per heavy atom. The van der Waals surface area contributed by atoms with Crippen molar-refractivity contribution >= 4 is 34.0 Å². The molecular formula is C13H15N5O4S. The summed E-state index contributed by atoms with van der Waals surface area (Å²) in [6.45, 7) is 5.01. The number of hydrogen-bond acceptors (Lipinski definition) is 7. The number of nitro groups is 1. The normalized spacial score (nSPS) is 10.6. The van der Waals surface area contributed by atoms with Gasteiger partial charge in [0, 0.05) is 4.88 Å². The quantitative estimate of drug-likeness (QED) is 0.629. The Hall–Kier alpha value is -2.75. The predicted octanol–water partition coefficient (Wildman–Crippen LogP) is 1.63. The molecule has 0 unspecified atom stereocenters. The highest BCUT2D eigenvalue weighted by Gasteiger charge is 2.22. The van der Waals surface area contributed by atoms with Crippen LogP contribution in [-0.4, -0.2) is 33.1 Å². The fourth-order valence-corrected chi connectivity index (χ4v) is 3.14. The summed E-state index contributed by atoms with van der Waals surface area (Å²) in [7, 11) is 0. The van der Waals surface area contributed by atoms with E-state index in [9.17, 15) is 19.7 Å². The van der Waals surface area contributed by atoms with E-state index < -0.39 is 22.6 Å². The van der Waals surface area contributed by atoms with E-state index in [-0.39, 0.29) is 6.54 Å². The third-order valence-corrected chi connectivity index (χ3v) is 4.49. The minimum Gasteiger partial charge on any atom is -0.367 e. The van der Waals surface area contributed by atoms with Crippen LogP contribution in [0.1, 0.15) is 31.3 Å². The molecule has 2 aromatic heterocycles. The lowest BCUT2D eigenvalue weighted by Gasteiger charge is -2.05. The fourth-order valence-electron chi connectivity index (χ4n) is 2.08. The number of primary amides is 1. The lowest BCUT2D eigenvalue weighted by molar-refractivity contribution is -0.389. The van der Waals surface area contributed by atoms with Gasteiger partial charge in [0.1, 0.15) is 5.00 Å². The second-order valence-electron chi connectivity index (χ2n) is 4.91. The van der Waals surface area contributed by atoms with Crippen LogP contribution in [0.3, 0.4) is 0 Å². The first-order chi connectivity index (χ1) is 10.7. The second-order valence-corrected chi connectivity index (χ2v) is 6.14. The lowest BCUT2D eigenvalue weighted by atomic mass is 10.1. The standard InChI is InChI=1S/C13H15N5O4S/c1-6-4-9(18(21)22)16-17(6)10(19)5-15-13-11(12(14)20)7(2)8(3)23-13/h4,15H,5H2,1-3H3,(H2,14,20). The summed E-state index contributed by atoms with van der Waals surface area (Å²) in [5, 5.41) is 17.7. The Kier molecular flexibility index (Phi) is 4.45. The first-order valence-electron chi connectivity index (χ1n) is 6.60. The molecule has 3 N–H and O–H groups in total. The number of thiophene rings is 1. The summed E-state index contributed by atoms with van der Waals surface area (Å²) < 4.78 is 0.961. The number of nitrogens with zero attached hydrogens (tertiary/aromatic N) is 3. The molecule has 0 aliphatic heterocycles. The van der Waals surface area contributed by atoms with Crippen LogP contribution >= 0.6 is 11.3 Å². The van der Waals surface area contributed by atoms with E-state index in [0.717, 1.165) is 15.1 Å². The molecule has 0 spiro atoms. The molecule has 10 heteroatoms. The second kappa shape index (κ2) is 6.16. The Morgan fingerprint density at radius 2 is 2.09 bits per heavy atom. The van der Waals surface area contributed by atoms with Crippen molar-refractivity contribution in [2.24, 2.45) is 5.73 Å². The molecule has 122 valence electrons. The number of nitrogens with two attached hydrogens (primary N) is 1. The first-order valence-corrected chi connectivity index (χ1v) is 7.42. The van der Waals surface area contributed by atoms with Crippen LogP contribution in [-0.2, 0) is 0 Å². The minimum absolute atomic E-state index is 0.167. The van der Waals surface area contributed by atoms with Crippen molar-refractivity contribution in [2.75, 3.05) is 11.9 Å². The van der Waals surface area contributed by atoms with Gasteiger partial charge in [-0.2, -0.15) is 0 Å². The Bertz CT molecular complexity index is 808. The first kappa shape index (κ1) is 16.6. The molecule has 0 aliphatic rings. The maximum atomic E-state index is 12.2. The average Bonchev–Trinajstić information content (AvgIpc) is 2.98. The molecule has 9 nitrogen and oxygen atoms in total. The van der Waals surface area contributed by atoms with Gasteiger partial charge < -0.3 is 21.2 Å². The zero-order chi connectivity index (χ0) is 17.3. The number of aryl methyl sites for hydroxylation is 2. The zero-order valence-corrected chi connectivity index (χ0v) is 13.6. The molecule has 0 aliphatic carbocycles. The molecule has 23 heavy (non-hydrogen) atoms. The van der Waals surface area contributed by atoms with Crippen LogP contribution in [0.2, 0.25) is 0 Å². The third-order valence-electron chi connectivity index (χ3n) is 3.33. The van der Waals surface area contributed by atoms with Crippen LogP contribution in [0.15, 0.2) is 6.07 Å². The Morgan fingerprint density at radius 3 is 2.61 bits per heavy atom. The molecule has 0 fully saturated rings. The number of nitrogens with one attached hydrogen (secondary N) is 1. The third kappa shape index (κ3) is 3.21. The van der Waals surface area contributed by atoms with E-state index in [1.54, 1.807) is 13.8 Å². The van der Waals surface area contributed by atoms with Crippen LogP contribution in [0, 0.1) is 30.9 Å². The SMILES string of the molecule is Cc1sc(NCC(=O)n2nc([N+](=O)[O-])cc2C)c(C(N)=O)c1C. The van der Waals surface area contributed by atoms with E-state index in [1.165, 1.54) is 17.4 Å². The van der Waals surface area contributed by atoms with Gasteiger partial charge in [0.25, 0.3) is 11.8 Å². The Balaban J connectivity index is 2.19. The van der Waals surface area contributed by atoms with Gasteiger partial charge in [-0.05, 0) is 31.3 Å². The van der Waals surface area contributed by atoms with E-state index in [1.807, 2.05) is 6.92 Å². The van der Waals surface area contributed by atoms with Gasteiger partial charge in [-0.1, -0.05) is 0 Å². The maximum absolute atomic E-state index is 12.2. The topological polar surface area (TPSA) is 133 Å². The summed E-state index contributed by atoms with van der Waals surface area (Å²) in [6, 6.07) is 1.21. The van der Waals surface area contributed by atoms with Crippen molar-refractivity contribution in [1.82, 2.24) is 9.78 Å². The Labute approximate surface area is 135 Å². The van der Waals surface area contributed by atoms with Gasteiger partial charge >= 0.3 is 5.82 Å². The molecule has 0 saturated heterocycles. The largest absolute Gasteiger partial charge is 0.390 e. The van der Waals surface area contributed by atoms with Gasteiger partial charge in [0.2, 0.25) is 0 Å². The number of carbonyl (C=O) groups is 2. The smallest absolute Gasteiger partial charge is 0.367 e. The van der Waals surface area contributed by atoms with Crippen molar-refractivity contribution in [3.05, 3.63) is 37.9 Å². The van der Waals surface area contributed by atoms with Crippen molar-refractivity contribution in [1.29, 1.82) is 0 Å². The van der Waals surface area contributed by atoms with Gasteiger partial charge in [-0.3, -0.25) is 9.59 Å². The number of anilines is 1. The number of rotatable bonds is 5. The lowest BCUT2D eigenvalue weighted by Crippen LogP contribution is -2.24. The molecule has 0 atom stereocenters. The predicted molar refractivity (Wildman–Crippen MR) is 85.0 cm³/mol. The van der Waals surface area contributed by atoms with Crippen molar-refractivity contribution in [3.63, 3.8) is 0 Å². The average molecular weight is 337 g/mol. The van der Waals surface area contributed by atoms with Crippen LogP contribution < -0.4 is 11.1 Å². The summed E-state index contributed by atoms with van der Waals surface area (Å²) in [6.07, 6.45) is 0. The molecule has 0 radical (unpaired) electrons. The fraction of sp³-hybridized carbons (Fsp3) is 0.308. The summed E-state index contributed by atoms with van der Waals surface area (Å²) in [4.78, 5) is 34.6. The summed E-state index contributed by atoms with van der Waals surface area (Å²) in [5.41, 5.74) is 6.83. The van der Waals surface area contributed by atoms with Crippen molar-refractivity contribution in [2.45, 2.75) is 20.8 Å². The molecule has 1 amide bonds. The molecule has 2 rings (SSSR count). The van der Waals surface area contributed by atoms with Crippen molar-refractivity contribution < 1.29 is 14.5 Å². The molecule has 0 saturated carbocycles. The van der Waals surface area contributed by atoms with E-state index in [0.29, 0.717) is 16.3 Å². The van der Waals surface area contributed by atoms with Gasteiger partial charge in [0.15, 0.2) is 0 Å². The highest BCUT2D eigenvalue weighted by Crippen LogP contribution is 2.31. The van der Waals surface area contributed by atoms with Gasteiger partial charge in [-0.25, -0.2) is 0 Å². The maximum Gasteiger partial charge on any atom is 0.390 e. The van der Waals surface area contributed by atoms with Gasteiger partial charge in [-0.15, -0.1) is 16.0 Å². The molecule has 0 aromatic carbocycles. The molecule has 2 aromatic rings. The van der Waals surface area contributed by atoms with E-state index >= 15 is 0 Å². The highest BCUT2D eigenvalue weighted by atomic mass is 32.1. The highest BCUT2D eigenvalue weighted by molar-refractivity contribution is 7.16. The molecule has 2 heterocycles. The molecule has 0 bridgehead atoms. The van der Waals surface area contributed by atoms with E-state index in [2.05, 4.69) is 10.4 Å². The van der Waals surface area contributed by atoms with Crippen LogP contribution in [0.4, 0.5) is 10.8 Å². The molecular weight excluding hydrogens is 322 g/mol. The zero-order valence-electron chi connectivity index (χ0n) is 12.7. The van der Waals surface area contributed by atoms with Crippen LogP contribution in [0.25, 0.3) is 0 Å². The number of carbonyl (C=O) groups excluding carboxylic acids is 2. The van der Waals surface area contributed by atoms with Crippen molar-refractivity contribution in [3.8, 4) is 0 Å². The monoisotopic (exact) mass is 337 g/mol. The van der Waals surface area contributed by atoms with Gasteiger partial charge in [0.05, 0.1) is 29.0 Å². The number of aromatic nitrogens is 2. The van der Waals surface area contributed by atoms with E-state index in [4.69, 9.17) is 5.73 Å². The summed E-state index contributed by atoms with van der Waals surface area (Å²) in [5.74, 6) is -1.45. The minimum atomic E-state index is -0.665.